The predicted molar refractivity (Wildman–Crippen MR) is 87.9 cm³/mol. The molecule has 0 amide bonds. The van der Waals surface area contributed by atoms with E-state index >= 15 is 0 Å². The molecule has 0 aliphatic rings. The molecule has 8 heteroatoms. The van der Waals surface area contributed by atoms with Crippen LogP contribution in [0.15, 0.2) is 47.5 Å². The van der Waals surface area contributed by atoms with Gasteiger partial charge in [-0.1, -0.05) is 12.1 Å². The number of nitrogens with zero attached hydrogens (tertiary/aromatic N) is 3. The number of nitro benzene ring substituents is 1. The zero-order chi connectivity index (χ0) is 17.4. The minimum atomic E-state index is -4.11. The zero-order valence-corrected chi connectivity index (χ0v) is 14.2. The summed E-state index contributed by atoms with van der Waals surface area (Å²) in [5, 5.41) is 11.2. The molecule has 0 aliphatic carbocycles. The van der Waals surface area contributed by atoms with E-state index in [1.165, 1.54) is 28.6 Å². The average molecular weight is 337 g/mol. The molecule has 0 radical (unpaired) electrons. The molecule has 2 aromatic rings. The van der Waals surface area contributed by atoms with E-state index in [1.54, 1.807) is 50.7 Å². The average Bonchev–Trinajstić information content (AvgIpc) is 2.83. The van der Waals surface area contributed by atoms with Crippen LogP contribution in [0.3, 0.4) is 0 Å². The van der Waals surface area contributed by atoms with Crippen LogP contribution in [0.5, 0.6) is 0 Å². The first kappa shape index (κ1) is 17.0. The fraction of sp³-hybridized carbons (Fsp3) is 0.333. The molecular weight excluding hydrogens is 318 g/mol. The largest absolute Gasteiger partial charge is 0.337 e. The van der Waals surface area contributed by atoms with Crippen LogP contribution in [-0.4, -0.2) is 23.4 Å². The summed E-state index contributed by atoms with van der Waals surface area (Å²) in [7, 11) is -2.38. The minimum absolute atomic E-state index is 0.318. The van der Waals surface area contributed by atoms with Crippen LogP contribution in [0.4, 0.5) is 11.5 Å². The van der Waals surface area contributed by atoms with Gasteiger partial charge in [0, 0.05) is 24.8 Å². The van der Waals surface area contributed by atoms with Crippen molar-refractivity contribution in [2.24, 2.45) is 7.05 Å². The highest BCUT2D eigenvalue weighted by molar-refractivity contribution is 7.93. The molecule has 0 unspecified atom stereocenters. The monoisotopic (exact) mass is 337 g/mol. The lowest BCUT2D eigenvalue weighted by atomic mass is 10.1. The van der Waals surface area contributed by atoms with Gasteiger partial charge < -0.3 is 4.57 Å². The molecule has 0 fully saturated rings. The van der Waals surface area contributed by atoms with Crippen molar-refractivity contribution in [3.05, 3.63) is 52.7 Å². The second-order valence-electron chi connectivity index (χ2n) is 6.14. The summed E-state index contributed by atoms with van der Waals surface area (Å²) in [6.07, 6.45) is 1.73. The quantitative estimate of drug-likeness (QED) is 0.634. The number of nitro groups is 1. The summed E-state index contributed by atoms with van der Waals surface area (Å²) < 4.78 is 29.2. The van der Waals surface area contributed by atoms with Crippen molar-refractivity contribution in [2.45, 2.75) is 31.2 Å². The first-order valence-electron chi connectivity index (χ1n) is 6.97. The van der Waals surface area contributed by atoms with Gasteiger partial charge in [-0.25, -0.2) is 12.7 Å². The molecule has 7 nitrogen and oxygen atoms in total. The van der Waals surface area contributed by atoms with Gasteiger partial charge in [0.15, 0.2) is 4.90 Å². The number of anilines is 1. The number of para-hydroxylation sites is 1. The van der Waals surface area contributed by atoms with Crippen molar-refractivity contribution < 1.29 is 13.3 Å². The van der Waals surface area contributed by atoms with E-state index in [4.69, 9.17) is 0 Å². The Hall–Kier alpha value is -2.35. The highest BCUT2D eigenvalue weighted by Gasteiger charge is 2.39. The van der Waals surface area contributed by atoms with E-state index in [1.807, 2.05) is 0 Å². The van der Waals surface area contributed by atoms with E-state index in [0.29, 0.717) is 5.82 Å². The van der Waals surface area contributed by atoms with Gasteiger partial charge in [-0.05, 0) is 39.0 Å². The molecule has 0 saturated carbocycles. The Morgan fingerprint density at radius 3 is 2.22 bits per heavy atom. The van der Waals surface area contributed by atoms with Gasteiger partial charge in [-0.15, -0.1) is 0 Å². The van der Waals surface area contributed by atoms with Crippen LogP contribution in [0.2, 0.25) is 0 Å². The number of aryl methyl sites for hydroxylation is 1. The fourth-order valence-electron chi connectivity index (χ4n) is 2.41. The lowest BCUT2D eigenvalue weighted by Gasteiger charge is -2.36. The van der Waals surface area contributed by atoms with Crippen molar-refractivity contribution in [3.8, 4) is 0 Å². The van der Waals surface area contributed by atoms with Crippen LogP contribution in [-0.2, 0) is 17.1 Å². The molecule has 1 aromatic heterocycles. The predicted octanol–water partition coefficient (Wildman–Crippen LogP) is 2.93. The first-order valence-corrected chi connectivity index (χ1v) is 8.41. The highest BCUT2D eigenvalue weighted by Crippen LogP contribution is 2.34. The first-order chi connectivity index (χ1) is 10.6. The second kappa shape index (κ2) is 5.69. The summed E-state index contributed by atoms with van der Waals surface area (Å²) in [6.45, 7) is 5.23. The van der Waals surface area contributed by atoms with Crippen molar-refractivity contribution in [1.29, 1.82) is 0 Å². The van der Waals surface area contributed by atoms with Gasteiger partial charge in [-0.2, -0.15) is 0 Å². The lowest BCUT2D eigenvalue weighted by molar-refractivity contribution is -0.387. The standard InChI is InChI=1S/C15H19N3O4S/c1-15(2,3)17(14-10-7-11-16(14)4)23(21,22)13-9-6-5-8-12(13)18(19)20/h5-11H,1-4H3. The molecule has 0 N–H and O–H groups in total. The summed E-state index contributed by atoms with van der Waals surface area (Å²) in [6, 6.07) is 8.77. The fourth-order valence-corrected chi connectivity index (χ4v) is 4.43. The van der Waals surface area contributed by atoms with E-state index in [-0.39, 0.29) is 4.90 Å². The third-order valence-electron chi connectivity index (χ3n) is 3.31. The van der Waals surface area contributed by atoms with Gasteiger partial charge >= 0.3 is 0 Å². The smallest absolute Gasteiger partial charge is 0.289 e. The molecule has 0 bridgehead atoms. The van der Waals surface area contributed by atoms with E-state index in [2.05, 4.69) is 0 Å². The molecule has 0 spiro atoms. The van der Waals surface area contributed by atoms with Crippen LogP contribution < -0.4 is 4.31 Å². The number of sulfonamides is 1. The number of hydrogen-bond donors (Lipinski definition) is 0. The van der Waals surface area contributed by atoms with Crippen LogP contribution in [0.1, 0.15) is 20.8 Å². The van der Waals surface area contributed by atoms with Gasteiger partial charge in [0.25, 0.3) is 15.7 Å². The molecule has 1 heterocycles. The topological polar surface area (TPSA) is 85.5 Å². The van der Waals surface area contributed by atoms with Crippen molar-refractivity contribution in [1.82, 2.24) is 4.57 Å². The van der Waals surface area contributed by atoms with Gasteiger partial charge in [0.2, 0.25) is 0 Å². The normalized spacial score (nSPS) is 12.2. The Morgan fingerprint density at radius 2 is 1.74 bits per heavy atom. The lowest BCUT2D eigenvalue weighted by Crippen LogP contribution is -2.46. The molecular formula is C15H19N3O4S. The maximum Gasteiger partial charge on any atom is 0.289 e. The Bertz CT molecular complexity index is 834. The van der Waals surface area contributed by atoms with Crippen LogP contribution in [0.25, 0.3) is 0 Å². The highest BCUT2D eigenvalue weighted by atomic mass is 32.2. The third kappa shape index (κ3) is 3.07. The van der Waals surface area contributed by atoms with E-state index in [9.17, 15) is 18.5 Å². The minimum Gasteiger partial charge on any atom is -0.337 e. The van der Waals surface area contributed by atoms with Gasteiger partial charge in [-0.3, -0.25) is 10.1 Å². The third-order valence-corrected chi connectivity index (χ3v) is 5.43. The molecule has 0 saturated heterocycles. The molecule has 1 aromatic carbocycles. The van der Waals surface area contributed by atoms with Crippen molar-refractivity contribution in [2.75, 3.05) is 4.31 Å². The van der Waals surface area contributed by atoms with Gasteiger partial charge in [0.1, 0.15) is 5.82 Å². The number of rotatable bonds is 4. The zero-order valence-electron chi connectivity index (χ0n) is 13.4. The molecule has 0 atom stereocenters. The maximum atomic E-state index is 13.2. The van der Waals surface area contributed by atoms with Crippen LogP contribution >= 0.6 is 0 Å². The SMILES string of the molecule is Cn1cccc1N(C(C)(C)C)S(=O)(=O)c1ccccc1[N+](=O)[O-]. The second-order valence-corrected chi connectivity index (χ2v) is 7.90. The Kier molecular flexibility index (Phi) is 4.21. The molecule has 124 valence electrons. The molecule has 23 heavy (non-hydrogen) atoms. The van der Waals surface area contributed by atoms with E-state index in [0.717, 1.165) is 0 Å². The number of hydrogen-bond acceptors (Lipinski definition) is 4. The summed E-state index contributed by atoms with van der Waals surface area (Å²) in [4.78, 5) is 10.2. The number of benzene rings is 1. The molecule has 0 aliphatic heterocycles. The van der Waals surface area contributed by atoms with E-state index < -0.39 is 26.2 Å². The maximum absolute atomic E-state index is 13.2. The van der Waals surface area contributed by atoms with Gasteiger partial charge in [0.05, 0.1) is 4.92 Å². The number of aromatic nitrogens is 1. The van der Waals surface area contributed by atoms with Crippen LogP contribution in [0, 0.1) is 10.1 Å². The molecule has 2 rings (SSSR count). The summed E-state index contributed by atoms with van der Waals surface area (Å²) in [5.74, 6) is 0.440. The summed E-state index contributed by atoms with van der Waals surface area (Å²) >= 11 is 0. The Balaban J connectivity index is 2.74. The summed E-state index contributed by atoms with van der Waals surface area (Å²) in [5.41, 5.74) is -1.23. The van der Waals surface area contributed by atoms with Crippen molar-refractivity contribution >= 4 is 21.5 Å². The van der Waals surface area contributed by atoms with Crippen molar-refractivity contribution in [3.63, 3.8) is 0 Å². The Morgan fingerprint density at radius 1 is 1.13 bits per heavy atom. The Labute approximate surface area is 135 Å².